The van der Waals surface area contributed by atoms with E-state index in [1.807, 2.05) is 0 Å². The minimum Gasteiger partial charge on any atom is -0.481 e. The quantitative estimate of drug-likeness (QED) is 0.687. The van der Waals surface area contributed by atoms with Crippen molar-refractivity contribution in [1.82, 2.24) is 4.72 Å². The number of aliphatic carboxylic acids is 1. The van der Waals surface area contributed by atoms with Crippen molar-refractivity contribution in [1.29, 1.82) is 0 Å². The van der Waals surface area contributed by atoms with Crippen LogP contribution in [0.1, 0.15) is 19.3 Å². The normalized spacial score (nSPS) is 23.3. The highest BCUT2D eigenvalue weighted by atomic mass is 32.2. The number of carboxylic acid groups (broad SMARTS) is 1. The lowest BCUT2D eigenvalue weighted by atomic mass is 10.2. The molecule has 2 saturated carbocycles. The average molecular weight is 338 g/mol. The van der Waals surface area contributed by atoms with E-state index >= 15 is 0 Å². The summed E-state index contributed by atoms with van der Waals surface area (Å²) in [6.07, 6.45) is 2.47. The van der Waals surface area contributed by atoms with E-state index in [2.05, 4.69) is 10.0 Å². The fourth-order valence-corrected chi connectivity index (χ4v) is 3.46. The first-order chi connectivity index (χ1) is 10.9. The van der Waals surface area contributed by atoms with E-state index in [-0.39, 0.29) is 10.8 Å². The maximum Gasteiger partial charge on any atom is 0.307 e. The summed E-state index contributed by atoms with van der Waals surface area (Å²) in [5.41, 5.74) is 0.451. The fraction of sp³-hybridized carbons (Fsp3) is 0.467. The van der Waals surface area contributed by atoms with Crippen molar-refractivity contribution in [3.8, 4) is 0 Å². The van der Waals surface area contributed by atoms with E-state index < -0.39 is 27.8 Å². The van der Waals surface area contributed by atoms with Gasteiger partial charge in [0.15, 0.2) is 0 Å². The number of benzene rings is 1. The number of hydrogen-bond acceptors (Lipinski definition) is 4. The Kier molecular flexibility index (Phi) is 4.11. The van der Waals surface area contributed by atoms with Crippen molar-refractivity contribution in [3.63, 3.8) is 0 Å². The summed E-state index contributed by atoms with van der Waals surface area (Å²) in [5.74, 6) is -1.98. The molecule has 0 aromatic heterocycles. The van der Waals surface area contributed by atoms with Gasteiger partial charge < -0.3 is 10.4 Å². The van der Waals surface area contributed by atoms with Crippen molar-refractivity contribution < 1.29 is 23.1 Å². The van der Waals surface area contributed by atoms with Gasteiger partial charge in [0, 0.05) is 12.2 Å². The third-order valence-corrected chi connectivity index (χ3v) is 5.57. The molecule has 2 atom stereocenters. The van der Waals surface area contributed by atoms with Gasteiger partial charge in [-0.2, -0.15) is 0 Å². The molecule has 0 bridgehead atoms. The third-order valence-electron chi connectivity index (χ3n) is 4.14. The van der Waals surface area contributed by atoms with E-state index in [0.29, 0.717) is 24.6 Å². The Morgan fingerprint density at radius 2 is 1.78 bits per heavy atom. The van der Waals surface area contributed by atoms with Crippen LogP contribution in [0.5, 0.6) is 0 Å². The van der Waals surface area contributed by atoms with Gasteiger partial charge in [-0.1, -0.05) is 0 Å². The number of carboxylic acids is 1. The standard InChI is InChI=1S/C15H18N2O5S/c18-14(12-7-13(12)15(19)20)17-10-3-5-11(6-4-10)23(21,22)16-8-9-1-2-9/h3-6,9,12-13,16H,1-2,7-8H2,(H,17,18)(H,19,20)/t12-,13+/m1/s1. The zero-order valence-corrected chi connectivity index (χ0v) is 13.2. The number of hydrogen-bond donors (Lipinski definition) is 3. The maximum absolute atomic E-state index is 12.1. The maximum atomic E-state index is 12.1. The molecule has 0 radical (unpaired) electrons. The Bertz CT molecular complexity index is 725. The molecule has 1 amide bonds. The molecular weight excluding hydrogens is 320 g/mol. The monoisotopic (exact) mass is 338 g/mol. The number of carbonyl (C=O) groups excluding carboxylic acids is 1. The molecule has 0 saturated heterocycles. The summed E-state index contributed by atoms with van der Waals surface area (Å²) in [6, 6.07) is 5.85. The van der Waals surface area contributed by atoms with Crippen molar-refractivity contribution in [2.45, 2.75) is 24.2 Å². The molecule has 3 rings (SSSR count). The molecule has 8 heteroatoms. The van der Waals surface area contributed by atoms with E-state index in [1.165, 1.54) is 24.3 Å². The average Bonchev–Trinajstić information content (AvgIpc) is 3.38. The Morgan fingerprint density at radius 1 is 1.13 bits per heavy atom. The van der Waals surface area contributed by atoms with Gasteiger partial charge in [0.05, 0.1) is 16.7 Å². The highest BCUT2D eigenvalue weighted by molar-refractivity contribution is 7.89. The largest absolute Gasteiger partial charge is 0.481 e. The zero-order valence-electron chi connectivity index (χ0n) is 12.4. The second-order valence-corrected chi connectivity index (χ2v) is 7.86. The number of sulfonamides is 1. The molecular formula is C15H18N2O5S. The van der Waals surface area contributed by atoms with Crippen LogP contribution in [-0.2, 0) is 19.6 Å². The number of rotatable bonds is 7. The predicted octanol–water partition coefficient (Wildman–Crippen LogP) is 1.03. The van der Waals surface area contributed by atoms with Gasteiger partial charge in [0.25, 0.3) is 0 Å². The first-order valence-electron chi connectivity index (χ1n) is 7.50. The summed E-state index contributed by atoms with van der Waals surface area (Å²) in [7, 11) is -3.52. The molecule has 2 aliphatic rings. The van der Waals surface area contributed by atoms with Crippen molar-refractivity contribution in [2.24, 2.45) is 17.8 Å². The van der Waals surface area contributed by atoms with Gasteiger partial charge in [0.1, 0.15) is 0 Å². The molecule has 0 aliphatic heterocycles. The van der Waals surface area contributed by atoms with Crippen LogP contribution >= 0.6 is 0 Å². The summed E-state index contributed by atoms with van der Waals surface area (Å²) in [5, 5.41) is 11.4. The fourth-order valence-electron chi connectivity index (χ4n) is 2.34. The molecule has 7 nitrogen and oxygen atoms in total. The lowest BCUT2D eigenvalue weighted by molar-refractivity contribution is -0.139. The van der Waals surface area contributed by atoms with Gasteiger partial charge in [-0.05, 0) is 49.4 Å². The van der Waals surface area contributed by atoms with Crippen LogP contribution in [0.3, 0.4) is 0 Å². The third kappa shape index (κ3) is 3.89. The number of anilines is 1. The van der Waals surface area contributed by atoms with Crippen LogP contribution in [0.2, 0.25) is 0 Å². The molecule has 0 unspecified atom stereocenters. The van der Waals surface area contributed by atoms with Gasteiger partial charge in [0.2, 0.25) is 15.9 Å². The minimum absolute atomic E-state index is 0.144. The highest BCUT2D eigenvalue weighted by Crippen LogP contribution is 2.39. The molecule has 23 heavy (non-hydrogen) atoms. The second-order valence-electron chi connectivity index (χ2n) is 6.10. The Morgan fingerprint density at radius 3 is 2.30 bits per heavy atom. The Labute approximate surface area is 134 Å². The van der Waals surface area contributed by atoms with Crippen molar-refractivity contribution >= 4 is 27.6 Å². The number of amides is 1. The molecule has 124 valence electrons. The lowest BCUT2D eigenvalue weighted by Crippen LogP contribution is -2.25. The predicted molar refractivity (Wildman–Crippen MR) is 82.2 cm³/mol. The van der Waals surface area contributed by atoms with Crippen LogP contribution in [0.25, 0.3) is 0 Å². The second kappa shape index (κ2) is 5.93. The summed E-state index contributed by atoms with van der Waals surface area (Å²) in [4.78, 5) is 22.7. The van der Waals surface area contributed by atoms with Crippen LogP contribution in [0.15, 0.2) is 29.2 Å². The molecule has 3 N–H and O–H groups in total. The minimum atomic E-state index is -3.52. The summed E-state index contributed by atoms with van der Waals surface area (Å²) >= 11 is 0. The molecule has 0 heterocycles. The smallest absolute Gasteiger partial charge is 0.307 e. The van der Waals surface area contributed by atoms with Gasteiger partial charge in [-0.3, -0.25) is 9.59 Å². The van der Waals surface area contributed by atoms with E-state index in [1.54, 1.807) is 0 Å². The van der Waals surface area contributed by atoms with Crippen LogP contribution in [-0.4, -0.2) is 31.9 Å². The Hall–Kier alpha value is -1.93. The van der Waals surface area contributed by atoms with E-state index in [9.17, 15) is 18.0 Å². The van der Waals surface area contributed by atoms with Crippen molar-refractivity contribution in [2.75, 3.05) is 11.9 Å². The Balaban J connectivity index is 1.58. The van der Waals surface area contributed by atoms with Crippen LogP contribution < -0.4 is 10.0 Å². The van der Waals surface area contributed by atoms with E-state index in [0.717, 1.165) is 12.8 Å². The first kappa shape index (κ1) is 15.9. The number of carbonyl (C=O) groups is 2. The van der Waals surface area contributed by atoms with Crippen LogP contribution in [0.4, 0.5) is 5.69 Å². The summed E-state index contributed by atoms with van der Waals surface area (Å²) < 4.78 is 26.7. The van der Waals surface area contributed by atoms with Gasteiger partial charge >= 0.3 is 5.97 Å². The molecule has 1 aromatic rings. The molecule has 2 aliphatic carbocycles. The molecule has 2 fully saturated rings. The molecule has 1 aromatic carbocycles. The number of nitrogens with one attached hydrogen (secondary N) is 2. The molecule has 0 spiro atoms. The lowest BCUT2D eigenvalue weighted by Gasteiger charge is -2.08. The van der Waals surface area contributed by atoms with Gasteiger partial charge in [-0.15, -0.1) is 0 Å². The SMILES string of the molecule is O=C(O)[C@H]1C[C@H]1C(=O)Nc1ccc(S(=O)(=O)NCC2CC2)cc1. The van der Waals surface area contributed by atoms with Crippen molar-refractivity contribution in [3.05, 3.63) is 24.3 Å². The zero-order chi connectivity index (χ0) is 16.6. The summed E-state index contributed by atoms with van der Waals surface area (Å²) in [6.45, 7) is 0.457. The topological polar surface area (TPSA) is 113 Å². The first-order valence-corrected chi connectivity index (χ1v) is 8.98. The highest BCUT2D eigenvalue weighted by Gasteiger charge is 2.48. The van der Waals surface area contributed by atoms with Gasteiger partial charge in [-0.25, -0.2) is 13.1 Å². The van der Waals surface area contributed by atoms with E-state index in [4.69, 9.17) is 5.11 Å². The van der Waals surface area contributed by atoms with Crippen LogP contribution in [0, 0.1) is 17.8 Å².